The molecule has 2 heterocycles. The Morgan fingerprint density at radius 2 is 1.88 bits per heavy atom. The molecule has 5 nitrogen and oxygen atoms in total. The van der Waals surface area contributed by atoms with Crippen LogP contribution in [0.3, 0.4) is 0 Å². The first-order valence-electron chi connectivity index (χ1n) is 9.66. The minimum absolute atomic E-state index is 0.322. The minimum Gasteiger partial charge on any atom is -0.454 e. The highest BCUT2D eigenvalue weighted by Gasteiger charge is 2.44. The van der Waals surface area contributed by atoms with E-state index in [1.165, 1.54) is 24.8 Å². The van der Waals surface area contributed by atoms with Gasteiger partial charge in [0, 0.05) is 38.6 Å². The van der Waals surface area contributed by atoms with E-state index >= 15 is 0 Å². The summed E-state index contributed by atoms with van der Waals surface area (Å²) in [6.07, 6.45) is 5.10. The van der Waals surface area contributed by atoms with Crippen molar-refractivity contribution in [2.45, 2.75) is 32.2 Å². The zero-order chi connectivity index (χ0) is 16.8. The average molecular weight is 342 g/mol. The Bertz CT molecular complexity index is 669. The third kappa shape index (κ3) is 2.88. The van der Waals surface area contributed by atoms with Gasteiger partial charge in [0.2, 0.25) is 12.7 Å². The molecule has 1 amide bonds. The summed E-state index contributed by atoms with van der Waals surface area (Å²) in [4.78, 5) is 17.4. The number of nitrogens with zero attached hydrogens (tertiary/aromatic N) is 2. The van der Waals surface area contributed by atoms with E-state index in [1.54, 1.807) is 0 Å². The second kappa shape index (κ2) is 6.20. The molecule has 2 aliphatic heterocycles. The summed E-state index contributed by atoms with van der Waals surface area (Å²) in [6.45, 7) is 4.89. The fourth-order valence-corrected chi connectivity index (χ4v) is 5.21. The molecule has 0 spiro atoms. The van der Waals surface area contributed by atoms with Gasteiger partial charge in [0.25, 0.3) is 0 Å². The molecule has 5 rings (SSSR count). The van der Waals surface area contributed by atoms with E-state index < -0.39 is 0 Å². The zero-order valence-corrected chi connectivity index (χ0v) is 14.7. The molecule has 0 aromatic heterocycles. The van der Waals surface area contributed by atoms with E-state index in [1.807, 2.05) is 6.07 Å². The van der Waals surface area contributed by atoms with Crippen LogP contribution in [0.4, 0.5) is 0 Å². The second-order valence-corrected chi connectivity index (χ2v) is 8.07. The summed E-state index contributed by atoms with van der Waals surface area (Å²) in [5.41, 5.74) is 1.25. The van der Waals surface area contributed by atoms with Gasteiger partial charge in [-0.05, 0) is 48.8 Å². The molecule has 134 valence electrons. The standard InChI is InChI=1S/C20H26N2O3/c23-20(17-10-14-1-3-16(17)9-14)22-7-5-21(6-8-22)12-15-2-4-18-19(11-15)25-13-24-18/h2,4,11,14,16-17H,1,3,5-10,12-13H2/t14-,16-,17+/m1/s1. The Morgan fingerprint density at radius 3 is 2.64 bits per heavy atom. The van der Waals surface area contributed by atoms with Gasteiger partial charge in [-0.2, -0.15) is 0 Å². The van der Waals surface area contributed by atoms with Crippen molar-refractivity contribution in [3.05, 3.63) is 23.8 Å². The third-order valence-electron chi connectivity index (χ3n) is 6.58. The van der Waals surface area contributed by atoms with Crippen molar-refractivity contribution in [1.29, 1.82) is 0 Å². The van der Waals surface area contributed by atoms with Crippen LogP contribution in [0.15, 0.2) is 18.2 Å². The highest BCUT2D eigenvalue weighted by molar-refractivity contribution is 5.79. The normalized spacial score (nSPS) is 30.9. The van der Waals surface area contributed by atoms with Gasteiger partial charge in [-0.25, -0.2) is 0 Å². The predicted molar refractivity (Wildman–Crippen MR) is 93.4 cm³/mol. The monoisotopic (exact) mass is 342 g/mol. The molecule has 3 fully saturated rings. The van der Waals surface area contributed by atoms with Crippen molar-refractivity contribution >= 4 is 5.91 Å². The average Bonchev–Trinajstić information content (AvgIpc) is 3.38. The van der Waals surface area contributed by atoms with Crippen LogP contribution in [0.1, 0.15) is 31.2 Å². The molecule has 2 aliphatic carbocycles. The lowest BCUT2D eigenvalue weighted by atomic mass is 9.87. The smallest absolute Gasteiger partial charge is 0.231 e. The molecule has 0 N–H and O–H groups in total. The topological polar surface area (TPSA) is 42.0 Å². The minimum atomic E-state index is 0.322. The zero-order valence-electron chi connectivity index (χ0n) is 14.7. The van der Waals surface area contributed by atoms with Crippen LogP contribution in [0.25, 0.3) is 0 Å². The van der Waals surface area contributed by atoms with Crippen molar-refractivity contribution in [3.63, 3.8) is 0 Å². The van der Waals surface area contributed by atoms with Gasteiger partial charge in [0.15, 0.2) is 11.5 Å². The van der Waals surface area contributed by atoms with Gasteiger partial charge in [-0.3, -0.25) is 9.69 Å². The molecule has 5 heteroatoms. The number of rotatable bonds is 3. The summed E-state index contributed by atoms with van der Waals surface area (Å²) in [6, 6.07) is 6.18. The maximum atomic E-state index is 12.9. The molecule has 0 radical (unpaired) electrons. The number of fused-ring (bicyclic) bond motifs is 3. The summed E-state index contributed by atoms with van der Waals surface area (Å²) < 4.78 is 10.8. The quantitative estimate of drug-likeness (QED) is 0.846. The highest BCUT2D eigenvalue weighted by Crippen LogP contribution is 2.48. The number of hydrogen-bond acceptors (Lipinski definition) is 4. The van der Waals surface area contributed by atoms with E-state index in [9.17, 15) is 4.79 Å². The SMILES string of the molecule is O=C([C@H]1C[C@@H]2CC[C@@H]1C2)N1CCN(Cc2ccc3c(c2)OCO3)CC1. The van der Waals surface area contributed by atoms with Crippen molar-refractivity contribution in [1.82, 2.24) is 9.80 Å². The Morgan fingerprint density at radius 1 is 1.04 bits per heavy atom. The number of piperazine rings is 1. The van der Waals surface area contributed by atoms with Crippen molar-refractivity contribution in [3.8, 4) is 11.5 Å². The maximum absolute atomic E-state index is 12.9. The van der Waals surface area contributed by atoms with Crippen LogP contribution in [0, 0.1) is 17.8 Å². The molecule has 4 aliphatic rings. The van der Waals surface area contributed by atoms with Crippen molar-refractivity contribution < 1.29 is 14.3 Å². The number of benzene rings is 1. The largest absolute Gasteiger partial charge is 0.454 e. The molecule has 2 bridgehead atoms. The van der Waals surface area contributed by atoms with Gasteiger partial charge in [0.1, 0.15) is 0 Å². The van der Waals surface area contributed by atoms with Gasteiger partial charge in [0.05, 0.1) is 0 Å². The van der Waals surface area contributed by atoms with Gasteiger partial charge in [-0.15, -0.1) is 0 Å². The van der Waals surface area contributed by atoms with Crippen molar-refractivity contribution in [2.24, 2.45) is 17.8 Å². The fourth-order valence-electron chi connectivity index (χ4n) is 5.21. The van der Waals surface area contributed by atoms with E-state index in [-0.39, 0.29) is 0 Å². The fraction of sp³-hybridized carbons (Fsp3) is 0.650. The molecular formula is C20H26N2O3. The molecule has 1 saturated heterocycles. The molecule has 2 saturated carbocycles. The lowest BCUT2D eigenvalue weighted by molar-refractivity contribution is -0.139. The number of ether oxygens (including phenoxy) is 2. The second-order valence-electron chi connectivity index (χ2n) is 8.07. The third-order valence-corrected chi connectivity index (χ3v) is 6.58. The summed E-state index contributed by atoms with van der Waals surface area (Å²) >= 11 is 0. The Balaban J connectivity index is 1.15. The number of amides is 1. The first kappa shape index (κ1) is 15.5. The van der Waals surface area contributed by atoms with Crippen LogP contribution >= 0.6 is 0 Å². The Kier molecular flexibility index (Phi) is 3.85. The molecule has 1 aromatic rings. The maximum Gasteiger partial charge on any atom is 0.231 e. The Labute approximate surface area is 148 Å². The number of carbonyl (C=O) groups is 1. The van der Waals surface area contributed by atoms with Crippen LogP contribution in [-0.4, -0.2) is 48.7 Å². The van der Waals surface area contributed by atoms with Crippen LogP contribution in [-0.2, 0) is 11.3 Å². The lowest BCUT2D eigenvalue weighted by Gasteiger charge is -2.37. The molecular weight excluding hydrogens is 316 g/mol. The Hall–Kier alpha value is -1.75. The van der Waals surface area contributed by atoms with Crippen LogP contribution < -0.4 is 9.47 Å². The number of carbonyl (C=O) groups excluding carboxylic acids is 1. The van der Waals surface area contributed by atoms with Gasteiger partial charge < -0.3 is 14.4 Å². The molecule has 0 unspecified atom stereocenters. The summed E-state index contributed by atoms with van der Waals surface area (Å²) in [5.74, 6) is 3.98. The first-order chi connectivity index (χ1) is 12.3. The highest BCUT2D eigenvalue weighted by atomic mass is 16.7. The molecule has 3 atom stereocenters. The lowest BCUT2D eigenvalue weighted by Crippen LogP contribution is -2.50. The molecule has 25 heavy (non-hydrogen) atoms. The summed E-state index contributed by atoms with van der Waals surface area (Å²) in [5, 5.41) is 0. The van der Waals surface area contributed by atoms with E-state index in [0.717, 1.165) is 56.6 Å². The van der Waals surface area contributed by atoms with Gasteiger partial charge >= 0.3 is 0 Å². The first-order valence-corrected chi connectivity index (χ1v) is 9.66. The molecule has 1 aromatic carbocycles. The van der Waals surface area contributed by atoms with E-state index in [0.29, 0.717) is 24.5 Å². The number of hydrogen-bond donors (Lipinski definition) is 0. The van der Waals surface area contributed by atoms with Crippen LogP contribution in [0.2, 0.25) is 0 Å². The van der Waals surface area contributed by atoms with E-state index in [4.69, 9.17) is 9.47 Å². The van der Waals surface area contributed by atoms with E-state index in [2.05, 4.69) is 21.9 Å². The van der Waals surface area contributed by atoms with Crippen molar-refractivity contribution in [2.75, 3.05) is 33.0 Å². The van der Waals surface area contributed by atoms with Gasteiger partial charge in [-0.1, -0.05) is 12.5 Å². The predicted octanol–water partition coefficient (Wildman–Crippen LogP) is 2.50. The summed E-state index contributed by atoms with van der Waals surface area (Å²) in [7, 11) is 0. The van der Waals surface area contributed by atoms with Crippen LogP contribution in [0.5, 0.6) is 11.5 Å².